The Morgan fingerprint density at radius 1 is 1.05 bits per heavy atom. The van der Waals surface area contributed by atoms with Crippen LogP contribution in [0.5, 0.6) is 0 Å². The summed E-state index contributed by atoms with van der Waals surface area (Å²) in [4.78, 5) is 12.0. The molecule has 0 atom stereocenters. The van der Waals surface area contributed by atoms with Crippen molar-refractivity contribution >= 4 is 46.4 Å². The van der Waals surface area contributed by atoms with Gasteiger partial charge in [0, 0.05) is 10.0 Å². The van der Waals surface area contributed by atoms with Gasteiger partial charge in [-0.05, 0) is 42.3 Å². The fourth-order valence-electron chi connectivity index (χ4n) is 1.75. The minimum atomic E-state index is -0.181. The maximum absolute atomic E-state index is 12.0. The van der Waals surface area contributed by atoms with Gasteiger partial charge in [-0.3, -0.25) is 4.79 Å². The lowest BCUT2D eigenvalue weighted by molar-refractivity contribution is -0.115. The van der Waals surface area contributed by atoms with Gasteiger partial charge in [-0.15, -0.1) is 0 Å². The summed E-state index contributed by atoms with van der Waals surface area (Å²) in [6.45, 7) is 1.94. The molecule has 0 aliphatic heterocycles. The molecule has 2 aromatic rings. The Labute approximate surface area is 132 Å². The molecule has 104 valence electrons. The largest absolute Gasteiger partial charge is 0.324 e. The first-order valence-electron chi connectivity index (χ1n) is 5.95. The van der Waals surface area contributed by atoms with Gasteiger partial charge in [-0.25, -0.2) is 0 Å². The number of carbonyl (C=O) groups excluding carboxylic acids is 1. The zero-order chi connectivity index (χ0) is 14.7. The average molecular weight is 329 g/mol. The summed E-state index contributed by atoms with van der Waals surface area (Å²) in [6, 6.07) is 10.5. The molecule has 0 aliphatic carbocycles. The van der Waals surface area contributed by atoms with Crippen LogP contribution >= 0.6 is 34.8 Å². The van der Waals surface area contributed by atoms with E-state index in [-0.39, 0.29) is 12.3 Å². The third-order valence-electron chi connectivity index (χ3n) is 2.76. The van der Waals surface area contributed by atoms with E-state index in [1.807, 2.05) is 13.0 Å². The van der Waals surface area contributed by atoms with Crippen molar-refractivity contribution in [2.24, 2.45) is 0 Å². The highest BCUT2D eigenvalue weighted by atomic mass is 35.5. The molecule has 20 heavy (non-hydrogen) atoms. The number of carbonyl (C=O) groups is 1. The molecule has 0 heterocycles. The van der Waals surface area contributed by atoms with Crippen LogP contribution in [0.15, 0.2) is 36.4 Å². The molecule has 2 aromatic carbocycles. The number of aryl methyl sites for hydroxylation is 1. The van der Waals surface area contributed by atoms with Gasteiger partial charge in [0.05, 0.1) is 17.1 Å². The number of anilines is 1. The summed E-state index contributed by atoms with van der Waals surface area (Å²) in [7, 11) is 0. The molecule has 1 amide bonds. The van der Waals surface area contributed by atoms with Crippen molar-refractivity contribution in [2.75, 3.05) is 5.32 Å². The maximum atomic E-state index is 12.0. The van der Waals surface area contributed by atoms with Crippen LogP contribution in [0.4, 0.5) is 5.69 Å². The van der Waals surface area contributed by atoms with E-state index in [9.17, 15) is 4.79 Å². The predicted molar refractivity (Wildman–Crippen MR) is 85.0 cm³/mol. The van der Waals surface area contributed by atoms with E-state index in [1.165, 1.54) is 0 Å². The minimum Gasteiger partial charge on any atom is -0.324 e. The number of halogens is 3. The Balaban J connectivity index is 2.09. The van der Waals surface area contributed by atoms with Crippen LogP contribution in [0.2, 0.25) is 15.1 Å². The minimum absolute atomic E-state index is 0.167. The molecule has 2 nitrogen and oxygen atoms in total. The van der Waals surface area contributed by atoms with Crippen LogP contribution in [0.1, 0.15) is 11.1 Å². The van der Waals surface area contributed by atoms with E-state index < -0.39 is 0 Å². The molecule has 0 radical (unpaired) electrons. The molecule has 0 spiro atoms. The predicted octanol–water partition coefficient (Wildman–Crippen LogP) is 5.14. The van der Waals surface area contributed by atoms with E-state index in [0.29, 0.717) is 20.8 Å². The fourth-order valence-corrected chi connectivity index (χ4v) is 2.51. The molecule has 0 bridgehead atoms. The van der Waals surface area contributed by atoms with Crippen molar-refractivity contribution < 1.29 is 4.79 Å². The molecule has 0 saturated heterocycles. The number of amides is 1. The summed E-state index contributed by atoms with van der Waals surface area (Å²) in [5.74, 6) is -0.181. The maximum Gasteiger partial charge on any atom is 0.228 e. The average Bonchev–Trinajstić information content (AvgIpc) is 2.36. The molecular weight excluding hydrogens is 317 g/mol. The van der Waals surface area contributed by atoms with Crippen LogP contribution in [0, 0.1) is 6.92 Å². The number of hydrogen-bond donors (Lipinski definition) is 1. The van der Waals surface area contributed by atoms with E-state index in [1.54, 1.807) is 30.3 Å². The van der Waals surface area contributed by atoms with Gasteiger partial charge in [0.25, 0.3) is 0 Å². The highest BCUT2D eigenvalue weighted by Gasteiger charge is 2.09. The lowest BCUT2D eigenvalue weighted by Gasteiger charge is -2.09. The van der Waals surface area contributed by atoms with Crippen LogP contribution in [-0.4, -0.2) is 5.91 Å². The third kappa shape index (κ3) is 3.89. The van der Waals surface area contributed by atoms with Crippen molar-refractivity contribution in [3.05, 3.63) is 62.6 Å². The molecule has 0 aromatic heterocycles. The Hall–Kier alpha value is -1.22. The second kappa shape index (κ2) is 6.49. The summed E-state index contributed by atoms with van der Waals surface area (Å²) >= 11 is 17.9. The van der Waals surface area contributed by atoms with Gasteiger partial charge in [0.2, 0.25) is 5.91 Å². The number of rotatable bonds is 3. The SMILES string of the molecule is Cc1ccc(NC(=O)Cc2ccc(Cl)cc2Cl)c(Cl)c1. The number of hydrogen-bond acceptors (Lipinski definition) is 1. The van der Waals surface area contributed by atoms with Gasteiger partial charge in [0.1, 0.15) is 0 Å². The highest BCUT2D eigenvalue weighted by Crippen LogP contribution is 2.24. The third-order valence-corrected chi connectivity index (χ3v) is 3.66. The van der Waals surface area contributed by atoms with Crippen molar-refractivity contribution in [1.29, 1.82) is 0 Å². The van der Waals surface area contributed by atoms with Crippen LogP contribution in [0.25, 0.3) is 0 Å². The Morgan fingerprint density at radius 3 is 2.45 bits per heavy atom. The van der Waals surface area contributed by atoms with E-state index in [0.717, 1.165) is 11.1 Å². The number of nitrogens with one attached hydrogen (secondary N) is 1. The fraction of sp³-hybridized carbons (Fsp3) is 0.133. The molecule has 5 heteroatoms. The van der Waals surface area contributed by atoms with Crippen molar-refractivity contribution in [3.63, 3.8) is 0 Å². The smallest absolute Gasteiger partial charge is 0.228 e. The van der Waals surface area contributed by atoms with E-state index in [4.69, 9.17) is 34.8 Å². The second-order valence-corrected chi connectivity index (χ2v) is 5.69. The normalized spacial score (nSPS) is 10.4. The van der Waals surface area contributed by atoms with E-state index >= 15 is 0 Å². The van der Waals surface area contributed by atoms with Gasteiger partial charge in [0.15, 0.2) is 0 Å². The van der Waals surface area contributed by atoms with Gasteiger partial charge < -0.3 is 5.32 Å². The van der Waals surface area contributed by atoms with Crippen molar-refractivity contribution in [3.8, 4) is 0 Å². The first-order valence-corrected chi connectivity index (χ1v) is 7.09. The molecule has 2 rings (SSSR count). The molecule has 1 N–H and O–H groups in total. The Morgan fingerprint density at radius 2 is 1.80 bits per heavy atom. The lowest BCUT2D eigenvalue weighted by Crippen LogP contribution is -2.15. The summed E-state index contributed by atoms with van der Waals surface area (Å²) in [6.07, 6.45) is 0.167. The first-order chi connectivity index (χ1) is 9.45. The van der Waals surface area contributed by atoms with E-state index in [2.05, 4.69) is 5.32 Å². The van der Waals surface area contributed by atoms with Gasteiger partial charge >= 0.3 is 0 Å². The zero-order valence-electron chi connectivity index (χ0n) is 10.7. The molecule has 0 fully saturated rings. The molecule has 0 unspecified atom stereocenters. The lowest BCUT2D eigenvalue weighted by atomic mass is 10.1. The van der Waals surface area contributed by atoms with Crippen LogP contribution in [-0.2, 0) is 11.2 Å². The zero-order valence-corrected chi connectivity index (χ0v) is 13.0. The monoisotopic (exact) mass is 327 g/mol. The second-order valence-electron chi connectivity index (χ2n) is 4.44. The molecule has 0 saturated carbocycles. The highest BCUT2D eigenvalue weighted by molar-refractivity contribution is 6.35. The standard InChI is InChI=1S/C15H12Cl3NO/c1-9-2-5-14(13(18)6-9)19-15(20)7-10-3-4-11(16)8-12(10)17/h2-6,8H,7H2,1H3,(H,19,20). The van der Waals surface area contributed by atoms with Crippen LogP contribution in [0.3, 0.4) is 0 Å². The summed E-state index contributed by atoms with van der Waals surface area (Å²) < 4.78 is 0. The van der Waals surface area contributed by atoms with Gasteiger partial charge in [-0.2, -0.15) is 0 Å². The topological polar surface area (TPSA) is 29.1 Å². The quantitative estimate of drug-likeness (QED) is 0.830. The van der Waals surface area contributed by atoms with Crippen molar-refractivity contribution in [1.82, 2.24) is 0 Å². The summed E-state index contributed by atoms with van der Waals surface area (Å²) in [5.41, 5.74) is 2.35. The number of benzene rings is 2. The Kier molecular flexibility index (Phi) is 4.92. The Bertz CT molecular complexity index is 600. The first kappa shape index (κ1) is 15.2. The van der Waals surface area contributed by atoms with Crippen LogP contribution < -0.4 is 5.32 Å². The molecule has 0 aliphatic rings. The van der Waals surface area contributed by atoms with Crippen molar-refractivity contribution in [2.45, 2.75) is 13.3 Å². The molecular formula is C15H12Cl3NO. The summed E-state index contributed by atoms with van der Waals surface area (Å²) in [5, 5.41) is 4.30. The van der Waals surface area contributed by atoms with Gasteiger partial charge in [-0.1, -0.05) is 46.9 Å².